The van der Waals surface area contributed by atoms with Crippen molar-refractivity contribution in [1.29, 1.82) is 5.26 Å². The summed E-state index contributed by atoms with van der Waals surface area (Å²) in [5.74, 6) is -0.290. The lowest BCUT2D eigenvalue weighted by atomic mass is 9.87. The fourth-order valence-corrected chi connectivity index (χ4v) is 4.71. The first-order chi connectivity index (χ1) is 14.5. The molecule has 0 radical (unpaired) electrons. The van der Waals surface area contributed by atoms with Crippen LogP contribution < -0.4 is 14.8 Å². The molecule has 6 heteroatoms. The van der Waals surface area contributed by atoms with Crippen LogP contribution in [0.2, 0.25) is 0 Å². The zero-order valence-electron chi connectivity index (χ0n) is 18.1. The highest BCUT2D eigenvalue weighted by Gasteiger charge is 2.27. The Labute approximate surface area is 193 Å². The molecular weight excluding hydrogens is 472 g/mol. The first-order valence-corrected chi connectivity index (χ1v) is 11.4. The fraction of sp³-hybridized carbons (Fsp3) is 0.240. The standard InChI is InChI=1S/C25H23BrN2O2S/c1-15-10-11-20(16(2)12-15)28-23(30)21(13-17-8-6-7-9-19(17)26)31-24(28)18(14-27)22(29)25(3,4)5/h6-13H,1-5H3. The summed E-state index contributed by atoms with van der Waals surface area (Å²) in [5, 5.41) is 9.90. The Morgan fingerprint density at radius 3 is 2.42 bits per heavy atom. The number of nitrogens with zero attached hydrogens (tertiary/aromatic N) is 2. The average molecular weight is 495 g/mol. The van der Waals surface area contributed by atoms with Gasteiger partial charge in [0.25, 0.3) is 5.56 Å². The van der Waals surface area contributed by atoms with E-state index in [0.717, 1.165) is 21.2 Å². The number of Topliss-reactive ketones (excluding diaryl/α,β-unsaturated/α-hetero) is 1. The van der Waals surface area contributed by atoms with E-state index in [1.54, 1.807) is 26.8 Å². The number of carbonyl (C=O) groups is 1. The lowest BCUT2D eigenvalue weighted by Crippen LogP contribution is -2.33. The molecule has 1 aromatic heterocycles. The highest BCUT2D eigenvalue weighted by atomic mass is 79.9. The van der Waals surface area contributed by atoms with Gasteiger partial charge >= 0.3 is 0 Å². The Hall–Kier alpha value is -2.75. The SMILES string of the molecule is Cc1ccc(-n2c(=C(C#N)C(=O)C(C)(C)C)sc(=Cc3ccccc3Br)c2=O)c(C)c1. The van der Waals surface area contributed by atoms with Gasteiger partial charge in [0.15, 0.2) is 5.78 Å². The molecule has 3 rings (SSSR count). The van der Waals surface area contributed by atoms with Crippen LogP contribution in [-0.4, -0.2) is 10.4 Å². The molecule has 158 valence electrons. The summed E-state index contributed by atoms with van der Waals surface area (Å²) in [6.07, 6.45) is 1.79. The van der Waals surface area contributed by atoms with E-state index in [1.807, 2.05) is 56.3 Å². The number of hydrogen-bond acceptors (Lipinski definition) is 4. The maximum absolute atomic E-state index is 13.5. The van der Waals surface area contributed by atoms with Gasteiger partial charge in [0.2, 0.25) is 0 Å². The van der Waals surface area contributed by atoms with Crippen LogP contribution in [0.1, 0.15) is 37.5 Å². The molecule has 0 fully saturated rings. The minimum Gasteiger partial charge on any atom is -0.293 e. The van der Waals surface area contributed by atoms with Gasteiger partial charge in [-0.1, -0.05) is 72.6 Å². The van der Waals surface area contributed by atoms with Gasteiger partial charge in [-0.05, 0) is 43.2 Å². The van der Waals surface area contributed by atoms with Crippen molar-refractivity contribution in [2.45, 2.75) is 34.6 Å². The Kier molecular flexibility index (Phi) is 6.49. The average Bonchev–Trinajstić information content (AvgIpc) is 3.00. The molecule has 0 aliphatic carbocycles. The summed E-state index contributed by atoms with van der Waals surface area (Å²) in [7, 11) is 0. The van der Waals surface area contributed by atoms with Crippen LogP contribution in [0, 0.1) is 30.6 Å². The molecule has 0 saturated heterocycles. The maximum Gasteiger partial charge on any atom is 0.273 e. The van der Waals surface area contributed by atoms with E-state index in [2.05, 4.69) is 22.0 Å². The molecule has 2 aromatic carbocycles. The summed E-state index contributed by atoms with van der Waals surface area (Å²) in [6, 6.07) is 15.4. The van der Waals surface area contributed by atoms with Gasteiger partial charge in [-0.3, -0.25) is 14.2 Å². The summed E-state index contributed by atoms with van der Waals surface area (Å²) >= 11 is 4.68. The quantitative estimate of drug-likeness (QED) is 0.541. The number of aryl methyl sites for hydroxylation is 2. The first-order valence-electron chi connectivity index (χ1n) is 9.79. The summed E-state index contributed by atoms with van der Waals surface area (Å²) in [4.78, 5) is 26.6. The van der Waals surface area contributed by atoms with Crippen molar-refractivity contribution in [2.75, 3.05) is 0 Å². The third-order valence-corrected chi connectivity index (χ3v) is 6.66. The second-order valence-electron chi connectivity index (χ2n) is 8.43. The van der Waals surface area contributed by atoms with Crippen LogP contribution in [0.4, 0.5) is 0 Å². The molecule has 0 unspecified atom stereocenters. The number of halogens is 1. The summed E-state index contributed by atoms with van der Waals surface area (Å²) < 4.78 is 3.18. The van der Waals surface area contributed by atoms with Crippen LogP contribution >= 0.6 is 27.3 Å². The molecule has 0 bridgehead atoms. The normalized spacial score (nSPS) is 13.1. The largest absolute Gasteiger partial charge is 0.293 e. The lowest BCUT2D eigenvalue weighted by Gasteiger charge is -2.15. The Balaban J connectivity index is 2.50. The van der Waals surface area contributed by atoms with Gasteiger partial charge in [-0.25, -0.2) is 0 Å². The van der Waals surface area contributed by atoms with Crippen LogP contribution in [0.25, 0.3) is 17.3 Å². The van der Waals surface area contributed by atoms with Gasteiger partial charge in [-0.2, -0.15) is 5.26 Å². The molecule has 0 N–H and O–H groups in total. The molecule has 3 aromatic rings. The first kappa shape index (κ1) is 22.9. The molecule has 0 saturated carbocycles. The topological polar surface area (TPSA) is 62.9 Å². The smallest absolute Gasteiger partial charge is 0.273 e. The van der Waals surface area contributed by atoms with E-state index < -0.39 is 5.41 Å². The number of rotatable bonds is 3. The Morgan fingerprint density at radius 1 is 1.16 bits per heavy atom. The third-order valence-electron chi connectivity index (χ3n) is 4.84. The van der Waals surface area contributed by atoms with Crippen LogP contribution in [0.5, 0.6) is 0 Å². The minimum atomic E-state index is -0.745. The van der Waals surface area contributed by atoms with Crippen LogP contribution in [0.15, 0.2) is 51.7 Å². The summed E-state index contributed by atoms with van der Waals surface area (Å²) in [6.45, 7) is 9.22. The number of carbonyl (C=O) groups excluding carboxylic acids is 1. The van der Waals surface area contributed by atoms with Crippen LogP contribution in [-0.2, 0) is 4.79 Å². The van der Waals surface area contributed by atoms with Gasteiger partial charge < -0.3 is 0 Å². The number of thiazole rings is 1. The van der Waals surface area contributed by atoms with Crippen molar-refractivity contribution < 1.29 is 4.79 Å². The highest BCUT2D eigenvalue weighted by Crippen LogP contribution is 2.21. The molecule has 0 atom stereocenters. The van der Waals surface area contributed by atoms with Crippen molar-refractivity contribution in [3.05, 3.63) is 83.2 Å². The van der Waals surface area contributed by atoms with Gasteiger partial charge in [0.05, 0.1) is 10.2 Å². The zero-order valence-corrected chi connectivity index (χ0v) is 20.5. The van der Waals surface area contributed by atoms with Crippen molar-refractivity contribution in [1.82, 2.24) is 4.57 Å². The molecule has 0 aliphatic heterocycles. The maximum atomic E-state index is 13.5. The number of nitriles is 1. The number of hydrogen-bond donors (Lipinski definition) is 0. The molecular formula is C25H23BrN2O2S. The zero-order chi connectivity index (χ0) is 22.9. The lowest BCUT2D eigenvalue weighted by molar-refractivity contribution is -0.120. The minimum absolute atomic E-state index is 0.00125. The number of aromatic nitrogens is 1. The van der Waals surface area contributed by atoms with Crippen molar-refractivity contribution >= 4 is 44.7 Å². The van der Waals surface area contributed by atoms with E-state index in [1.165, 1.54) is 15.9 Å². The summed E-state index contributed by atoms with van der Waals surface area (Å²) in [5.41, 5.74) is 2.49. The fourth-order valence-electron chi connectivity index (χ4n) is 3.23. The molecule has 0 aliphatic rings. The van der Waals surface area contributed by atoms with E-state index in [0.29, 0.717) is 14.9 Å². The second kappa shape index (κ2) is 8.78. The highest BCUT2D eigenvalue weighted by molar-refractivity contribution is 9.10. The van der Waals surface area contributed by atoms with Crippen LogP contribution in [0.3, 0.4) is 0 Å². The van der Waals surface area contributed by atoms with Gasteiger partial charge in [0.1, 0.15) is 16.3 Å². The molecule has 31 heavy (non-hydrogen) atoms. The molecule has 4 nitrogen and oxygen atoms in total. The van der Waals surface area contributed by atoms with E-state index >= 15 is 0 Å². The Morgan fingerprint density at radius 2 is 1.84 bits per heavy atom. The Bertz CT molecular complexity index is 1400. The van der Waals surface area contributed by atoms with Crippen molar-refractivity contribution in [2.24, 2.45) is 5.41 Å². The molecule has 0 spiro atoms. The van der Waals surface area contributed by atoms with Crippen molar-refractivity contribution in [3.63, 3.8) is 0 Å². The predicted molar refractivity (Wildman–Crippen MR) is 130 cm³/mol. The monoisotopic (exact) mass is 494 g/mol. The molecule has 1 heterocycles. The number of ketones is 1. The van der Waals surface area contributed by atoms with Gasteiger partial charge in [0, 0.05) is 9.89 Å². The second-order valence-corrected chi connectivity index (χ2v) is 10.3. The van der Waals surface area contributed by atoms with E-state index in [-0.39, 0.29) is 16.9 Å². The predicted octanol–water partition coefficient (Wildman–Crippen LogP) is 4.40. The number of benzene rings is 2. The molecule has 0 amide bonds. The van der Waals surface area contributed by atoms with E-state index in [9.17, 15) is 14.9 Å². The third kappa shape index (κ3) is 4.63. The van der Waals surface area contributed by atoms with Crippen molar-refractivity contribution in [3.8, 4) is 11.8 Å². The van der Waals surface area contributed by atoms with E-state index in [4.69, 9.17) is 0 Å². The van der Waals surface area contributed by atoms with Gasteiger partial charge in [-0.15, -0.1) is 11.3 Å².